The Bertz CT molecular complexity index is 1080. The molecule has 1 atom stereocenters. The van der Waals surface area contributed by atoms with Crippen molar-refractivity contribution >= 4 is 29.6 Å². The molecule has 1 aliphatic rings. The van der Waals surface area contributed by atoms with E-state index in [1.165, 1.54) is 30.5 Å². The zero-order chi connectivity index (χ0) is 25.3. The number of carbonyl (C=O) groups is 3. The number of benzene rings is 2. The first-order valence-electron chi connectivity index (χ1n) is 10.6. The highest BCUT2D eigenvalue weighted by Gasteiger charge is 2.33. The van der Waals surface area contributed by atoms with E-state index in [1.807, 2.05) is 0 Å². The van der Waals surface area contributed by atoms with Gasteiger partial charge in [-0.05, 0) is 42.7 Å². The van der Waals surface area contributed by atoms with Crippen LogP contribution in [0.15, 0.2) is 53.6 Å². The van der Waals surface area contributed by atoms with E-state index in [0.29, 0.717) is 12.2 Å². The quantitative estimate of drug-likeness (QED) is 0.297. The maximum absolute atomic E-state index is 13.0. The molecule has 1 fully saturated rings. The van der Waals surface area contributed by atoms with Gasteiger partial charge < -0.3 is 20.1 Å². The van der Waals surface area contributed by atoms with Gasteiger partial charge in [0.15, 0.2) is 6.61 Å². The molecule has 12 heteroatoms. The van der Waals surface area contributed by atoms with Crippen molar-refractivity contribution in [2.75, 3.05) is 25.1 Å². The Hall–Kier alpha value is -3.93. The van der Waals surface area contributed by atoms with Crippen LogP contribution in [0.3, 0.4) is 0 Å². The normalized spacial score (nSPS) is 15.6. The predicted molar refractivity (Wildman–Crippen MR) is 120 cm³/mol. The number of nitrogens with zero attached hydrogens (tertiary/aromatic N) is 1. The number of anilines is 1. The summed E-state index contributed by atoms with van der Waals surface area (Å²) < 4.78 is 49.8. The topological polar surface area (TPSA) is 118 Å². The number of hydrogen-bond donors (Lipinski definition) is 3. The minimum atomic E-state index is -4.61. The van der Waals surface area contributed by atoms with Crippen molar-refractivity contribution in [1.82, 2.24) is 10.7 Å². The molecular weight excluding hydrogens is 469 g/mol. The lowest BCUT2D eigenvalue weighted by Gasteiger charge is -2.13. The third-order valence-electron chi connectivity index (χ3n) is 4.83. The summed E-state index contributed by atoms with van der Waals surface area (Å²) in [7, 11) is 0. The summed E-state index contributed by atoms with van der Waals surface area (Å²) >= 11 is 0. The lowest BCUT2D eigenvalue weighted by atomic mass is 10.1. The van der Waals surface area contributed by atoms with Crippen LogP contribution in [0.1, 0.15) is 24.0 Å². The van der Waals surface area contributed by atoms with Crippen LogP contribution in [-0.2, 0) is 25.3 Å². The van der Waals surface area contributed by atoms with Gasteiger partial charge in [-0.3, -0.25) is 14.4 Å². The zero-order valence-electron chi connectivity index (χ0n) is 18.4. The molecule has 186 valence electrons. The summed E-state index contributed by atoms with van der Waals surface area (Å²) in [5.41, 5.74) is 1.24. The van der Waals surface area contributed by atoms with E-state index in [2.05, 4.69) is 21.2 Å². The SMILES string of the molecule is O=C(COc1cccc(/C=N\NC(=O)C(=O)NC[C@H]2CCCO2)c1)Nc1ccccc1C(F)(F)F. The highest BCUT2D eigenvalue weighted by Crippen LogP contribution is 2.34. The summed E-state index contributed by atoms with van der Waals surface area (Å²) in [5.74, 6) is -2.31. The van der Waals surface area contributed by atoms with E-state index in [-0.39, 0.29) is 24.1 Å². The van der Waals surface area contributed by atoms with E-state index in [4.69, 9.17) is 9.47 Å². The molecule has 35 heavy (non-hydrogen) atoms. The molecule has 0 bridgehead atoms. The van der Waals surface area contributed by atoms with Crippen molar-refractivity contribution in [3.8, 4) is 5.75 Å². The molecule has 2 aromatic rings. The number of hydrogen-bond acceptors (Lipinski definition) is 6. The Morgan fingerprint density at radius 2 is 1.91 bits per heavy atom. The van der Waals surface area contributed by atoms with E-state index in [1.54, 1.807) is 12.1 Å². The highest BCUT2D eigenvalue weighted by molar-refractivity contribution is 6.35. The van der Waals surface area contributed by atoms with Crippen molar-refractivity contribution in [3.63, 3.8) is 0 Å². The number of para-hydroxylation sites is 1. The van der Waals surface area contributed by atoms with E-state index in [0.717, 1.165) is 25.0 Å². The van der Waals surface area contributed by atoms with Gasteiger partial charge in [0.25, 0.3) is 5.91 Å². The molecule has 3 amide bonds. The lowest BCUT2D eigenvalue weighted by Crippen LogP contribution is -2.41. The number of amides is 3. The molecule has 9 nitrogen and oxygen atoms in total. The second-order valence-corrected chi connectivity index (χ2v) is 7.50. The number of rotatable bonds is 8. The fourth-order valence-electron chi connectivity index (χ4n) is 3.17. The molecule has 2 aromatic carbocycles. The first kappa shape index (κ1) is 25.7. The Balaban J connectivity index is 1.46. The van der Waals surface area contributed by atoms with Gasteiger partial charge in [-0.25, -0.2) is 5.43 Å². The minimum Gasteiger partial charge on any atom is -0.484 e. The Kier molecular flexibility index (Phi) is 8.79. The van der Waals surface area contributed by atoms with Gasteiger partial charge in [0, 0.05) is 13.2 Å². The average Bonchev–Trinajstić information content (AvgIpc) is 3.35. The Labute approximate surface area is 198 Å². The first-order valence-corrected chi connectivity index (χ1v) is 10.6. The van der Waals surface area contributed by atoms with Crippen LogP contribution in [0.2, 0.25) is 0 Å². The third-order valence-corrected chi connectivity index (χ3v) is 4.83. The molecule has 3 rings (SSSR count). The average molecular weight is 492 g/mol. The number of nitrogens with one attached hydrogen (secondary N) is 3. The van der Waals surface area contributed by atoms with E-state index in [9.17, 15) is 27.6 Å². The van der Waals surface area contributed by atoms with Crippen LogP contribution < -0.4 is 20.8 Å². The van der Waals surface area contributed by atoms with E-state index >= 15 is 0 Å². The summed E-state index contributed by atoms with van der Waals surface area (Å²) in [6.45, 7) is 0.343. The summed E-state index contributed by atoms with van der Waals surface area (Å²) in [4.78, 5) is 35.7. The minimum absolute atomic E-state index is 0.0977. The summed E-state index contributed by atoms with van der Waals surface area (Å²) in [6.07, 6.45) is -1.71. The van der Waals surface area contributed by atoms with Crippen molar-refractivity contribution < 1.29 is 37.0 Å². The van der Waals surface area contributed by atoms with Crippen LogP contribution in [-0.4, -0.2) is 49.8 Å². The van der Waals surface area contributed by atoms with Gasteiger partial charge in [-0.2, -0.15) is 18.3 Å². The molecule has 1 saturated heterocycles. The van der Waals surface area contributed by atoms with Gasteiger partial charge in [0.2, 0.25) is 0 Å². The van der Waals surface area contributed by atoms with Crippen LogP contribution >= 0.6 is 0 Å². The fourth-order valence-corrected chi connectivity index (χ4v) is 3.17. The zero-order valence-corrected chi connectivity index (χ0v) is 18.4. The van der Waals surface area contributed by atoms with Gasteiger partial charge in [-0.15, -0.1) is 0 Å². The molecule has 0 unspecified atom stereocenters. The molecule has 0 spiro atoms. The van der Waals surface area contributed by atoms with Gasteiger partial charge >= 0.3 is 18.0 Å². The lowest BCUT2D eigenvalue weighted by molar-refractivity contribution is -0.139. The summed E-state index contributed by atoms with van der Waals surface area (Å²) in [6, 6.07) is 10.8. The van der Waals surface area contributed by atoms with Crippen molar-refractivity contribution in [2.24, 2.45) is 5.10 Å². The van der Waals surface area contributed by atoms with Crippen molar-refractivity contribution in [3.05, 3.63) is 59.7 Å². The summed E-state index contributed by atoms with van der Waals surface area (Å²) in [5, 5.41) is 8.36. The fraction of sp³-hybridized carbons (Fsp3) is 0.304. The van der Waals surface area contributed by atoms with Gasteiger partial charge in [-0.1, -0.05) is 24.3 Å². The number of hydrazone groups is 1. The predicted octanol–water partition coefficient (Wildman–Crippen LogP) is 2.47. The first-order chi connectivity index (χ1) is 16.7. The maximum atomic E-state index is 13.0. The number of carbonyl (C=O) groups excluding carboxylic acids is 3. The smallest absolute Gasteiger partial charge is 0.418 e. The number of ether oxygens (including phenoxy) is 2. The second kappa shape index (κ2) is 12.0. The molecule has 0 aliphatic carbocycles. The molecule has 3 N–H and O–H groups in total. The van der Waals surface area contributed by atoms with Gasteiger partial charge in [0.05, 0.1) is 23.6 Å². The number of alkyl halides is 3. The molecule has 1 aliphatic heterocycles. The molecule has 0 aromatic heterocycles. The molecule has 0 radical (unpaired) electrons. The maximum Gasteiger partial charge on any atom is 0.418 e. The van der Waals surface area contributed by atoms with Crippen LogP contribution in [0, 0.1) is 0 Å². The largest absolute Gasteiger partial charge is 0.484 e. The van der Waals surface area contributed by atoms with Crippen LogP contribution in [0.4, 0.5) is 18.9 Å². The second-order valence-electron chi connectivity index (χ2n) is 7.50. The standard InChI is InChI=1S/C23H23F3N4O5/c24-23(25,26)18-8-1-2-9-19(18)29-20(31)14-35-16-6-3-5-15(11-16)12-28-30-22(33)21(32)27-13-17-7-4-10-34-17/h1-3,5-6,8-9,11-12,17H,4,7,10,13-14H2,(H,27,32)(H,29,31)(H,30,33)/b28-12-/t17-/m1/s1. The Morgan fingerprint density at radius 3 is 2.66 bits per heavy atom. The van der Waals surface area contributed by atoms with Crippen molar-refractivity contribution in [2.45, 2.75) is 25.1 Å². The third kappa shape index (κ3) is 8.10. The highest BCUT2D eigenvalue weighted by atomic mass is 19.4. The molecule has 0 saturated carbocycles. The molecular formula is C23H23F3N4O5. The van der Waals surface area contributed by atoms with Crippen molar-refractivity contribution in [1.29, 1.82) is 0 Å². The van der Waals surface area contributed by atoms with Gasteiger partial charge in [0.1, 0.15) is 5.75 Å². The van der Waals surface area contributed by atoms with Crippen LogP contribution in [0.5, 0.6) is 5.75 Å². The Morgan fingerprint density at radius 1 is 1.11 bits per heavy atom. The van der Waals surface area contributed by atoms with Crippen LogP contribution in [0.25, 0.3) is 0 Å². The number of halogens is 3. The molecule has 1 heterocycles. The van der Waals surface area contributed by atoms with E-state index < -0.39 is 36.1 Å². The monoisotopic (exact) mass is 492 g/mol.